The molecule has 0 aliphatic rings. The third kappa shape index (κ3) is 1.56. The lowest BCUT2D eigenvalue weighted by atomic mass is 10.0. The maximum Gasteiger partial charge on any atom is 0.162 e. The van der Waals surface area contributed by atoms with Gasteiger partial charge in [-0.3, -0.25) is 0 Å². The monoisotopic (exact) mass is 156 g/mol. The highest BCUT2D eigenvalue weighted by molar-refractivity contribution is 5.21. The standard InChI is InChI=1S/C9H10F2/c1-6(2)7-4-3-5-8(10)9(7)11/h3-6H,1-2H3. The first-order valence-electron chi connectivity index (χ1n) is 3.57. The number of hydrogen-bond donors (Lipinski definition) is 0. The van der Waals surface area contributed by atoms with Gasteiger partial charge in [-0.25, -0.2) is 8.78 Å². The molecule has 1 rings (SSSR count). The minimum Gasteiger partial charge on any atom is -0.204 e. The Morgan fingerprint density at radius 3 is 2.27 bits per heavy atom. The normalized spacial score (nSPS) is 10.6. The van der Waals surface area contributed by atoms with Crippen molar-refractivity contribution in [1.82, 2.24) is 0 Å². The first kappa shape index (κ1) is 8.18. The van der Waals surface area contributed by atoms with Crippen molar-refractivity contribution >= 4 is 0 Å². The summed E-state index contributed by atoms with van der Waals surface area (Å²) in [6, 6.07) is 4.25. The summed E-state index contributed by atoms with van der Waals surface area (Å²) in [4.78, 5) is 0. The van der Waals surface area contributed by atoms with Gasteiger partial charge in [-0.2, -0.15) is 0 Å². The van der Waals surface area contributed by atoms with Gasteiger partial charge in [0.15, 0.2) is 11.6 Å². The lowest BCUT2D eigenvalue weighted by Gasteiger charge is -2.05. The van der Waals surface area contributed by atoms with E-state index >= 15 is 0 Å². The van der Waals surface area contributed by atoms with E-state index in [0.717, 1.165) is 6.07 Å². The topological polar surface area (TPSA) is 0 Å². The van der Waals surface area contributed by atoms with Crippen molar-refractivity contribution in [3.63, 3.8) is 0 Å². The van der Waals surface area contributed by atoms with Crippen molar-refractivity contribution in [2.45, 2.75) is 19.8 Å². The largest absolute Gasteiger partial charge is 0.204 e. The maximum absolute atomic E-state index is 12.9. The Bertz CT molecular complexity index is 254. The van der Waals surface area contributed by atoms with E-state index < -0.39 is 11.6 Å². The minimum absolute atomic E-state index is 0.0331. The molecule has 1 aromatic carbocycles. The predicted octanol–water partition coefficient (Wildman–Crippen LogP) is 3.09. The molecule has 1 aromatic rings. The number of halogens is 2. The second kappa shape index (κ2) is 2.99. The van der Waals surface area contributed by atoms with Crippen LogP contribution in [0.5, 0.6) is 0 Å². The molecule has 0 radical (unpaired) electrons. The molecule has 2 heteroatoms. The van der Waals surface area contributed by atoms with Gasteiger partial charge in [-0.1, -0.05) is 26.0 Å². The maximum atomic E-state index is 12.9. The van der Waals surface area contributed by atoms with Crippen LogP contribution in [0.4, 0.5) is 8.78 Å². The van der Waals surface area contributed by atoms with Gasteiger partial charge in [0, 0.05) is 0 Å². The van der Waals surface area contributed by atoms with Gasteiger partial charge in [-0.15, -0.1) is 0 Å². The zero-order valence-corrected chi connectivity index (χ0v) is 6.57. The van der Waals surface area contributed by atoms with E-state index in [1.54, 1.807) is 6.07 Å². The van der Waals surface area contributed by atoms with E-state index in [0.29, 0.717) is 5.56 Å². The van der Waals surface area contributed by atoms with Gasteiger partial charge in [0.05, 0.1) is 0 Å². The Morgan fingerprint density at radius 1 is 1.18 bits per heavy atom. The van der Waals surface area contributed by atoms with Crippen LogP contribution in [-0.2, 0) is 0 Å². The molecule has 0 fully saturated rings. The van der Waals surface area contributed by atoms with Crippen molar-refractivity contribution in [3.05, 3.63) is 35.4 Å². The van der Waals surface area contributed by atoms with E-state index in [1.807, 2.05) is 13.8 Å². The van der Waals surface area contributed by atoms with Gasteiger partial charge < -0.3 is 0 Å². The smallest absolute Gasteiger partial charge is 0.162 e. The molecule has 0 aromatic heterocycles. The fraction of sp³-hybridized carbons (Fsp3) is 0.333. The third-order valence-electron chi connectivity index (χ3n) is 1.60. The molecule has 60 valence electrons. The zero-order chi connectivity index (χ0) is 8.43. The van der Waals surface area contributed by atoms with Crippen molar-refractivity contribution in [2.75, 3.05) is 0 Å². The van der Waals surface area contributed by atoms with Gasteiger partial charge >= 0.3 is 0 Å². The lowest BCUT2D eigenvalue weighted by Crippen LogP contribution is -1.95. The SMILES string of the molecule is CC(C)c1cccc(F)c1F. The Morgan fingerprint density at radius 2 is 1.82 bits per heavy atom. The van der Waals surface area contributed by atoms with E-state index in [2.05, 4.69) is 0 Å². The van der Waals surface area contributed by atoms with Crippen molar-refractivity contribution in [2.24, 2.45) is 0 Å². The first-order chi connectivity index (χ1) is 5.13. The highest BCUT2D eigenvalue weighted by atomic mass is 19.2. The fourth-order valence-electron chi connectivity index (χ4n) is 0.966. The molecule has 0 nitrogen and oxygen atoms in total. The molecule has 0 aliphatic carbocycles. The molecule has 0 amide bonds. The van der Waals surface area contributed by atoms with E-state index in [-0.39, 0.29) is 5.92 Å². The molecule has 0 atom stereocenters. The molecule has 0 saturated carbocycles. The quantitative estimate of drug-likeness (QED) is 0.586. The van der Waals surface area contributed by atoms with Crippen LogP contribution >= 0.6 is 0 Å². The molecular formula is C9H10F2. The highest BCUT2D eigenvalue weighted by Crippen LogP contribution is 2.19. The molecule has 0 spiro atoms. The van der Waals surface area contributed by atoms with Crippen molar-refractivity contribution in [3.8, 4) is 0 Å². The molecule has 0 N–H and O–H groups in total. The number of benzene rings is 1. The van der Waals surface area contributed by atoms with Crippen LogP contribution in [-0.4, -0.2) is 0 Å². The second-order valence-corrected chi connectivity index (χ2v) is 2.80. The summed E-state index contributed by atoms with van der Waals surface area (Å²) in [5.74, 6) is -1.45. The van der Waals surface area contributed by atoms with Gasteiger partial charge in [0.2, 0.25) is 0 Å². The summed E-state index contributed by atoms with van der Waals surface area (Å²) in [5.41, 5.74) is 0.435. The Kier molecular flexibility index (Phi) is 2.22. The third-order valence-corrected chi connectivity index (χ3v) is 1.60. The first-order valence-corrected chi connectivity index (χ1v) is 3.57. The second-order valence-electron chi connectivity index (χ2n) is 2.80. The fourth-order valence-corrected chi connectivity index (χ4v) is 0.966. The minimum atomic E-state index is -0.767. The summed E-state index contributed by atoms with van der Waals surface area (Å²) < 4.78 is 25.4. The van der Waals surface area contributed by atoms with E-state index in [9.17, 15) is 8.78 Å². The summed E-state index contributed by atoms with van der Waals surface area (Å²) in [6.45, 7) is 3.66. The van der Waals surface area contributed by atoms with Crippen LogP contribution in [0.2, 0.25) is 0 Å². The highest BCUT2D eigenvalue weighted by Gasteiger charge is 2.09. The number of rotatable bonds is 1. The van der Waals surface area contributed by atoms with E-state index in [1.165, 1.54) is 6.07 Å². The van der Waals surface area contributed by atoms with E-state index in [4.69, 9.17) is 0 Å². The average Bonchev–Trinajstić information content (AvgIpc) is 1.94. The number of hydrogen-bond acceptors (Lipinski definition) is 0. The zero-order valence-electron chi connectivity index (χ0n) is 6.57. The molecular weight excluding hydrogens is 146 g/mol. The molecule has 0 saturated heterocycles. The van der Waals surface area contributed by atoms with Crippen LogP contribution < -0.4 is 0 Å². The van der Waals surface area contributed by atoms with Gasteiger partial charge in [0.25, 0.3) is 0 Å². The van der Waals surface area contributed by atoms with Crippen molar-refractivity contribution < 1.29 is 8.78 Å². The van der Waals surface area contributed by atoms with Gasteiger partial charge in [-0.05, 0) is 17.5 Å². The molecule has 0 bridgehead atoms. The Hall–Kier alpha value is -0.920. The predicted molar refractivity (Wildman–Crippen MR) is 40.4 cm³/mol. The Balaban J connectivity index is 3.17. The molecule has 11 heavy (non-hydrogen) atoms. The summed E-state index contributed by atoms with van der Waals surface area (Å²) in [7, 11) is 0. The van der Waals surface area contributed by atoms with Crippen LogP contribution in [0, 0.1) is 11.6 Å². The summed E-state index contributed by atoms with van der Waals surface area (Å²) in [6.07, 6.45) is 0. The average molecular weight is 156 g/mol. The summed E-state index contributed by atoms with van der Waals surface area (Å²) in [5, 5.41) is 0. The van der Waals surface area contributed by atoms with Crippen molar-refractivity contribution in [1.29, 1.82) is 0 Å². The Labute approximate surface area is 64.9 Å². The van der Waals surface area contributed by atoms with Crippen LogP contribution in [0.3, 0.4) is 0 Å². The molecule has 0 unspecified atom stereocenters. The van der Waals surface area contributed by atoms with Crippen LogP contribution in [0.15, 0.2) is 18.2 Å². The summed E-state index contributed by atoms with van der Waals surface area (Å²) >= 11 is 0. The lowest BCUT2D eigenvalue weighted by molar-refractivity contribution is 0.494. The van der Waals surface area contributed by atoms with Gasteiger partial charge in [0.1, 0.15) is 0 Å². The molecule has 0 aliphatic heterocycles. The van der Waals surface area contributed by atoms with Crippen LogP contribution in [0.1, 0.15) is 25.3 Å². The van der Waals surface area contributed by atoms with Crippen LogP contribution in [0.25, 0.3) is 0 Å². The molecule has 0 heterocycles.